The lowest BCUT2D eigenvalue weighted by Gasteiger charge is -2.24. The molecule has 0 radical (unpaired) electrons. The third-order valence-electron chi connectivity index (χ3n) is 2.59. The fourth-order valence-corrected chi connectivity index (χ4v) is 1.67. The van der Waals surface area contributed by atoms with E-state index in [4.69, 9.17) is 10.5 Å². The van der Waals surface area contributed by atoms with Gasteiger partial charge in [-0.05, 0) is 26.7 Å². The summed E-state index contributed by atoms with van der Waals surface area (Å²) in [5, 5.41) is 7.14. The number of amides is 1. The lowest BCUT2D eigenvalue weighted by Crippen LogP contribution is -2.37. The van der Waals surface area contributed by atoms with E-state index in [0.29, 0.717) is 5.82 Å². The van der Waals surface area contributed by atoms with Crippen LogP contribution in [-0.4, -0.2) is 21.5 Å². The highest BCUT2D eigenvalue weighted by molar-refractivity contribution is 5.68. The van der Waals surface area contributed by atoms with E-state index in [1.807, 2.05) is 34.6 Å². The maximum atomic E-state index is 11.8. The van der Waals surface area contributed by atoms with Gasteiger partial charge >= 0.3 is 6.09 Å². The van der Waals surface area contributed by atoms with E-state index in [-0.39, 0.29) is 12.0 Å². The second-order valence-corrected chi connectivity index (χ2v) is 5.99. The minimum atomic E-state index is -0.519. The van der Waals surface area contributed by atoms with Crippen LogP contribution < -0.4 is 11.1 Å². The van der Waals surface area contributed by atoms with Crippen molar-refractivity contribution in [1.29, 1.82) is 0 Å². The Kier molecular flexibility index (Phi) is 4.44. The van der Waals surface area contributed by atoms with Gasteiger partial charge in [0.15, 0.2) is 0 Å². The fourth-order valence-electron chi connectivity index (χ4n) is 1.67. The van der Waals surface area contributed by atoms with E-state index in [9.17, 15) is 4.79 Å². The minimum absolute atomic E-state index is 0.182. The third kappa shape index (κ3) is 4.46. The molecule has 0 aliphatic heterocycles. The van der Waals surface area contributed by atoms with Gasteiger partial charge in [0, 0.05) is 13.1 Å². The Morgan fingerprint density at radius 3 is 2.42 bits per heavy atom. The molecule has 0 fully saturated rings. The van der Waals surface area contributed by atoms with E-state index >= 15 is 0 Å². The molecular formula is C13H24N4O2. The van der Waals surface area contributed by atoms with Gasteiger partial charge in [-0.25, -0.2) is 4.79 Å². The van der Waals surface area contributed by atoms with Crippen LogP contribution >= 0.6 is 0 Å². The van der Waals surface area contributed by atoms with Crippen molar-refractivity contribution in [2.24, 2.45) is 13.0 Å². The molecule has 0 aliphatic rings. The number of anilines is 1. The number of nitrogens with one attached hydrogen (secondary N) is 1. The van der Waals surface area contributed by atoms with Crippen LogP contribution in [0, 0.1) is 5.92 Å². The second-order valence-electron chi connectivity index (χ2n) is 5.99. The Labute approximate surface area is 114 Å². The van der Waals surface area contributed by atoms with Gasteiger partial charge in [0.2, 0.25) is 0 Å². The summed E-state index contributed by atoms with van der Waals surface area (Å²) in [7, 11) is 1.77. The summed E-state index contributed by atoms with van der Waals surface area (Å²) < 4.78 is 6.85. The molecule has 0 aromatic carbocycles. The molecule has 0 spiro atoms. The zero-order chi connectivity index (χ0) is 14.8. The molecule has 0 aliphatic carbocycles. The Balaban J connectivity index is 2.82. The van der Waals surface area contributed by atoms with Crippen LogP contribution in [0.5, 0.6) is 0 Å². The SMILES string of the molecule is CC(C)C(NC(=O)OC(C)(C)C)c1cc(N)n(C)n1. The maximum absolute atomic E-state index is 11.8. The number of aromatic nitrogens is 2. The number of carbonyl (C=O) groups is 1. The van der Waals surface area contributed by atoms with Crippen molar-refractivity contribution in [3.05, 3.63) is 11.8 Å². The summed E-state index contributed by atoms with van der Waals surface area (Å²) >= 11 is 0. The average molecular weight is 268 g/mol. The number of nitrogens with two attached hydrogens (primary N) is 1. The first kappa shape index (κ1) is 15.3. The number of hydrogen-bond acceptors (Lipinski definition) is 4. The molecule has 1 amide bonds. The normalized spacial score (nSPS) is 13.4. The van der Waals surface area contributed by atoms with Gasteiger partial charge in [0.05, 0.1) is 11.7 Å². The number of nitrogen functional groups attached to an aromatic ring is 1. The van der Waals surface area contributed by atoms with E-state index < -0.39 is 11.7 Å². The molecule has 6 heteroatoms. The summed E-state index contributed by atoms with van der Waals surface area (Å²) in [6.07, 6.45) is -0.449. The minimum Gasteiger partial charge on any atom is -0.444 e. The molecule has 1 rings (SSSR count). The number of carbonyl (C=O) groups excluding carboxylic acids is 1. The van der Waals surface area contributed by atoms with Crippen molar-refractivity contribution >= 4 is 11.9 Å². The molecule has 1 aromatic rings. The summed E-state index contributed by atoms with van der Waals surface area (Å²) in [6.45, 7) is 9.50. The largest absolute Gasteiger partial charge is 0.444 e. The first-order valence-electron chi connectivity index (χ1n) is 6.39. The molecule has 0 saturated carbocycles. The summed E-state index contributed by atoms with van der Waals surface area (Å²) in [4.78, 5) is 11.8. The molecule has 1 atom stereocenters. The van der Waals surface area contributed by atoms with E-state index in [1.54, 1.807) is 17.8 Å². The quantitative estimate of drug-likeness (QED) is 0.880. The lowest BCUT2D eigenvalue weighted by atomic mass is 10.0. The van der Waals surface area contributed by atoms with Crippen LogP contribution in [0.4, 0.5) is 10.6 Å². The zero-order valence-corrected chi connectivity index (χ0v) is 12.5. The van der Waals surface area contributed by atoms with Crippen LogP contribution in [0.1, 0.15) is 46.4 Å². The van der Waals surface area contributed by atoms with Crippen LogP contribution in [0.3, 0.4) is 0 Å². The summed E-state index contributed by atoms with van der Waals surface area (Å²) in [6, 6.07) is 1.54. The molecule has 0 bridgehead atoms. The summed E-state index contributed by atoms with van der Waals surface area (Å²) in [5.41, 5.74) is 5.99. The third-order valence-corrected chi connectivity index (χ3v) is 2.59. The molecule has 108 valence electrons. The molecule has 6 nitrogen and oxygen atoms in total. The highest BCUT2D eigenvalue weighted by Crippen LogP contribution is 2.22. The van der Waals surface area contributed by atoms with Crippen LogP contribution in [0.15, 0.2) is 6.07 Å². The average Bonchev–Trinajstić information content (AvgIpc) is 2.52. The van der Waals surface area contributed by atoms with Gasteiger partial charge in [-0.3, -0.25) is 4.68 Å². The Hall–Kier alpha value is -1.72. The first-order valence-corrected chi connectivity index (χ1v) is 6.39. The predicted octanol–water partition coefficient (Wildman–Crippen LogP) is 2.22. The number of rotatable bonds is 3. The van der Waals surface area contributed by atoms with Gasteiger partial charge in [0.25, 0.3) is 0 Å². The molecule has 1 heterocycles. The Bertz CT molecular complexity index is 426. The predicted molar refractivity (Wildman–Crippen MR) is 74.6 cm³/mol. The fraction of sp³-hybridized carbons (Fsp3) is 0.692. The first-order chi connectivity index (χ1) is 8.60. The molecule has 1 aromatic heterocycles. The molecule has 3 N–H and O–H groups in total. The van der Waals surface area contributed by atoms with Gasteiger partial charge in [-0.1, -0.05) is 13.8 Å². The maximum Gasteiger partial charge on any atom is 0.408 e. The highest BCUT2D eigenvalue weighted by Gasteiger charge is 2.24. The lowest BCUT2D eigenvalue weighted by molar-refractivity contribution is 0.0488. The van der Waals surface area contributed by atoms with Crippen LogP contribution in [0.2, 0.25) is 0 Å². The van der Waals surface area contributed by atoms with Crippen molar-refractivity contribution in [3.63, 3.8) is 0 Å². The Morgan fingerprint density at radius 1 is 1.47 bits per heavy atom. The van der Waals surface area contributed by atoms with Crippen molar-refractivity contribution in [2.45, 2.75) is 46.3 Å². The molecule has 1 unspecified atom stereocenters. The van der Waals surface area contributed by atoms with Crippen molar-refractivity contribution in [3.8, 4) is 0 Å². The van der Waals surface area contributed by atoms with E-state index in [0.717, 1.165) is 5.69 Å². The van der Waals surface area contributed by atoms with Gasteiger partial charge in [-0.15, -0.1) is 0 Å². The standard InChI is InChI=1S/C13H24N4O2/c1-8(2)11(9-7-10(14)17(6)16-9)15-12(18)19-13(3,4)5/h7-8,11H,14H2,1-6H3,(H,15,18). The molecule has 0 saturated heterocycles. The van der Waals surface area contributed by atoms with E-state index in [2.05, 4.69) is 10.4 Å². The topological polar surface area (TPSA) is 82.2 Å². The number of aryl methyl sites for hydroxylation is 1. The van der Waals surface area contributed by atoms with Crippen molar-refractivity contribution in [2.75, 3.05) is 5.73 Å². The van der Waals surface area contributed by atoms with Crippen LogP contribution in [-0.2, 0) is 11.8 Å². The van der Waals surface area contributed by atoms with Gasteiger partial charge in [0.1, 0.15) is 11.4 Å². The van der Waals surface area contributed by atoms with E-state index in [1.165, 1.54) is 0 Å². The van der Waals surface area contributed by atoms with Gasteiger partial charge < -0.3 is 15.8 Å². The van der Waals surface area contributed by atoms with Crippen molar-refractivity contribution in [1.82, 2.24) is 15.1 Å². The monoisotopic (exact) mass is 268 g/mol. The van der Waals surface area contributed by atoms with Gasteiger partial charge in [-0.2, -0.15) is 5.10 Å². The number of ether oxygens (including phenoxy) is 1. The van der Waals surface area contributed by atoms with Crippen LogP contribution in [0.25, 0.3) is 0 Å². The second kappa shape index (κ2) is 5.50. The highest BCUT2D eigenvalue weighted by atomic mass is 16.6. The summed E-state index contributed by atoms with van der Waals surface area (Å²) in [5.74, 6) is 0.744. The number of alkyl carbamates (subject to hydrolysis) is 1. The Morgan fingerprint density at radius 2 is 2.05 bits per heavy atom. The number of hydrogen-bond donors (Lipinski definition) is 2. The number of nitrogens with zero attached hydrogens (tertiary/aromatic N) is 2. The smallest absolute Gasteiger partial charge is 0.408 e. The molecular weight excluding hydrogens is 244 g/mol. The zero-order valence-electron chi connectivity index (χ0n) is 12.5. The molecule has 19 heavy (non-hydrogen) atoms. The van der Waals surface area contributed by atoms with Crippen molar-refractivity contribution < 1.29 is 9.53 Å².